The van der Waals surface area contributed by atoms with Crippen LogP contribution in [0.4, 0.5) is 0 Å². The van der Waals surface area contributed by atoms with E-state index >= 15 is 0 Å². The van der Waals surface area contributed by atoms with Crippen LogP contribution in [0.2, 0.25) is 10.0 Å². The molecule has 1 aliphatic heterocycles. The average Bonchev–Trinajstić information content (AvgIpc) is 2.77. The summed E-state index contributed by atoms with van der Waals surface area (Å²) in [6.07, 6.45) is 3.30. The monoisotopic (exact) mass is 355 g/mol. The number of benzene rings is 1. The first kappa shape index (κ1) is 16.3. The van der Waals surface area contributed by atoms with Crippen LogP contribution in [0.15, 0.2) is 18.2 Å². The highest BCUT2D eigenvalue weighted by Crippen LogP contribution is 2.38. The standard InChI is InChI=1S/C16H15Cl2NO4/c17-11-6-3-7-12(14(11)18)23-13(20)8-19-15(21)9-4-1-2-5-10(9)16(19)22/h3,6-7,9-10H,1-2,4-5,8H2/t9-,10-/m0/s1. The SMILES string of the molecule is O=C(CN1C(=O)[C@H]2CCCC[C@@H]2C1=O)Oc1cccc(Cl)c1Cl. The fourth-order valence-corrected chi connectivity index (χ4v) is 3.56. The van der Waals surface area contributed by atoms with Gasteiger partial charge in [0.1, 0.15) is 11.6 Å². The molecular weight excluding hydrogens is 341 g/mol. The first-order valence-corrected chi connectivity index (χ1v) is 8.24. The summed E-state index contributed by atoms with van der Waals surface area (Å²) in [6.45, 7) is -0.395. The number of esters is 1. The van der Waals surface area contributed by atoms with Crippen molar-refractivity contribution in [3.8, 4) is 5.75 Å². The predicted molar refractivity (Wildman–Crippen MR) is 84.3 cm³/mol. The molecule has 1 saturated heterocycles. The molecule has 0 radical (unpaired) electrons. The predicted octanol–water partition coefficient (Wildman–Crippen LogP) is 3.07. The number of amides is 2. The first-order valence-electron chi connectivity index (χ1n) is 7.49. The van der Waals surface area contributed by atoms with Crippen LogP contribution < -0.4 is 4.74 Å². The lowest BCUT2D eigenvalue weighted by Crippen LogP contribution is -2.37. The maximum Gasteiger partial charge on any atom is 0.331 e. The van der Waals surface area contributed by atoms with E-state index in [1.54, 1.807) is 12.1 Å². The van der Waals surface area contributed by atoms with Gasteiger partial charge < -0.3 is 4.74 Å². The summed E-state index contributed by atoms with van der Waals surface area (Å²) < 4.78 is 5.14. The second kappa shape index (κ2) is 6.49. The highest BCUT2D eigenvalue weighted by atomic mass is 35.5. The first-order chi connectivity index (χ1) is 11.0. The number of nitrogens with zero attached hydrogens (tertiary/aromatic N) is 1. The topological polar surface area (TPSA) is 63.7 Å². The Bertz CT molecular complexity index is 652. The molecule has 2 fully saturated rings. The summed E-state index contributed by atoms with van der Waals surface area (Å²) in [6, 6.07) is 4.66. The maximum atomic E-state index is 12.3. The van der Waals surface area contributed by atoms with Crippen molar-refractivity contribution in [2.75, 3.05) is 6.54 Å². The van der Waals surface area contributed by atoms with E-state index in [1.165, 1.54) is 6.07 Å². The van der Waals surface area contributed by atoms with Crippen molar-refractivity contribution >= 4 is 41.0 Å². The molecule has 1 aromatic rings. The third-order valence-corrected chi connectivity index (χ3v) is 5.16. The van der Waals surface area contributed by atoms with Crippen molar-refractivity contribution in [3.05, 3.63) is 28.2 Å². The van der Waals surface area contributed by atoms with Gasteiger partial charge >= 0.3 is 5.97 Å². The van der Waals surface area contributed by atoms with Crippen molar-refractivity contribution in [1.29, 1.82) is 0 Å². The number of likely N-dealkylation sites (tertiary alicyclic amines) is 1. The van der Waals surface area contributed by atoms with Crippen LogP contribution >= 0.6 is 23.2 Å². The minimum absolute atomic E-state index is 0.112. The minimum Gasteiger partial charge on any atom is -0.424 e. The summed E-state index contributed by atoms with van der Waals surface area (Å²) in [4.78, 5) is 37.7. The van der Waals surface area contributed by atoms with Gasteiger partial charge in [-0.3, -0.25) is 14.5 Å². The maximum absolute atomic E-state index is 12.3. The molecule has 2 atom stereocenters. The van der Waals surface area contributed by atoms with Crippen molar-refractivity contribution in [1.82, 2.24) is 4.90 Å². The number of hydrogen-bond acceptors (Lipinski definition) is 4. The molecule has 0 spiro atoms. The zero-order valence-corrected chi connectivity index (χ0v) is 13.8. The smallest absolute Gasteiger partial charge is 0.331 e. The molecule has 0 bridgehead atoms. The van der Waals surface area contributed by atoms with E-state index in [9.17, 15) is 14.4 Å². The van der Waals surface area contributed by atoms with Crippen LogP contribution in [0.25, 0.3) is 0 Å². The number of imide groups is 1. The second-order valence-corrected chi connectivity index (χ2v) is 6.57. The van der Waals surface area contributed by atoms with E-state index in [2.05, 4.69) is 0 Å². The highest BCUT2D eigenvalue weighted by Gasteiger charge is 2.48. The Morgan fingerprint density at radius 3 is 2.35 bits per heavy atom. The highest BCUT2D eigenvalue weighted by molar-refractivity contribution is 6.43. The molecule has 0 unspecified atom stereocenters. The number of halogens is 2. The van der Waals surface area contributed by atoms with E-state index < -0.39 is 12.5 Å². The van der Waals surface area contributed by atoms with Crippen LogP contribution in [0, 0.1) is 11.8 Å². The van der Waals surface area contributed by atoms with E-state index in [0.29, 0.717) is 12.8 Å². The molecule has 23 heavy (non-hydrogen) atoms. The number of hydrogen-bond donors (Lipinski definition) is 0. The summed E-state index contributed by atoms with van der Waals surface area (Å²) in [7, 11) is 0. The molecule has 1 aliphatic carbocycles. The summed E-state index contributed by atoms with van der Waals surface area (Å²) in [5.74, 6) is -1.70. The van der Waals surface area contributed by atoms with Crippen LogP contribution in [0.3, 0.4) is 0 Å². The zero-order valence-electron chi connectivity index (χ0n) is 12.3. The quantitative estimate of drug-likeness (QED) is 0.474. The van der Waals surface area contributed by atoms with Gasteiger partial charge in [0.15, 0.2) is 5.75 Å². The Morgan fingerprint density at radius 1 is 1.13 bits per heavy atom. The van der Waals surface area contributed by atoms with E-state index in [1.807, 2.05) is 0 Å². The van der Waals surface area contributed by atoms with Crippen molar-refractivity contribution in [3.63, 3.8) is 0 Å². The van der Waals surface area contributed by atoms with Gasteiger partial charge in [-0.1, -0.05) is 42.1 Å². The molecule has 5 nitrogen and oxygen atoms in total. The van der Waals surface area contributed by atoms with Crippen molar-refractivity contribution in [2.45, 2.75) is 25.7 Å². The lowest BCUT2D eigenvalue weighted by atomic mass is 9.81. The molecule has 1 heterocycles. The fourth-order valence-electron chi connectivity index (χ4n) is 3.23. The molecule has 2 amide bonds. The van der Waals surface area contributed by atoms with Gasteiger partial charge in [-0.15, -0.1) is 0 Å². The lowest BCUT2D eigenvalue weighted by Gasteiger charge is -2.19. The van der Waals surface area contributed by atoms with Crippen molar-refractivity contribution in [2.24, 2.45) is 11.8 Å². The van der Waals surface area contributed by atoms with Gasteiger partial charge in [-0.05, 0) is 25.0 Å². The zero-order chi connectivity index (χ0) is 16.6. The number of rotatable bonds is 3. The summed E-state index contributed by atoms with van der Waals surface area (Å²) in [5.41, 5.74) is 0. The number of fused-ring (bicyclic) bond motifs is 1. The van der Waals surface area contributed by atoms with Gasteiger partial charge in [-0.2, -0.15) is 0 Å². The van der Waals surface area contributed by atoms with E-state index in [-0.39, 0.29) is 39.4 Å². The average molecular weight is 356 g/mol. The lowest BCUT2D eigenvalue weighted by molar-refractivity contribution is -0.148. The Kier molecular flexibility index (Phi) is 4.60. The molecule has 0 N–H and O–H groups in total. The normalized spacial score (nSPS) is 23.8. The number of carbonyl (C=O) groups excluding carboxylic acids is 3. The third-order valence-electron chi connectivity index (χ3n) is 4.36. The largest absolute Gasteiger partial charge is 0.424 e. The fraction of sp³-hybridized carbons (Fsp3) is 0.438. The van der Waals surface area contributed by atoms with Gasteiger partial charge in [0.05, 0.1) is 16.9 Å². The Labute approximate surface area is 143 Å². The van der Waals surface area contributed by atoms with Gasteiger partial charge in [-0.25, -0.2) is 4.79 Å². The Hall–Kier alpha value is -1.59. The van der Waals surface area contributed by atoms with Gasteiger partial charge in [0, 0.05) is 0 Å². The minimum atomic E-state index is -0.713. The van der Waals surface area contributed by atoms with E-state index in [4.69, 9.17) is 27.9 Å². The second-order valence-electron chi connectivity index (χ2n) is 5.79. The van der Waals surface area contributed by atoms with Crippen LogP contribution in [0.1, 0.15) is 25.7 Å². The Morgan fingerprint density at radius 2 is 1.74 bits per heavy atom. The number of carbonyl (C=O) groups is 3. The summed E-state index contributed by atoms with van der Waals surface area (Å²) in [5, 5.41) is 0.381. The van der Waals surface area contributed by atoms with Crippen LogP contribution in [-0.2, 0) is 14.4 Å². The third kappa shape index (κ3) is 3.08. The molecule has 1 saturated carbocycles. The van der Waals surface area contributed by atoms with E-state index in [0.717, 1.165) is 17.7 Å². The molecule has 0 aromatic heterocycles. The number of ether oxygens (including phenoxy) is 1. The molecule has 1 aromatic carbocycles. The van der Waals surface area contributed by atoms with Crippen molar-refractivity contribution < 1.29 is 19.1 Å². The molecule has 122 valence electrons. The van der Waals surface area contributed by atoms with Gasteiger partial charge in [0.2, 0.25) is 11.8 Å². The Balaban J connectivity index is 1.69. The molecule has 2 aliphatic rings. The summed E-state index contributed by atoms with van der Waals surface area (Å²) >= 11 is 11.8. The van der Waals surface area contributed by atoms with Gasteiger partial charge in [0.25, 0.3) is 0 Å². The van der Waals surface area contributed by atoms with Crippen LogP contribution in [0.5, 0.6) is 5.75 Å². The molecular formula is C16H15Cl2NO4. The molecule has 7 heteroatoms. The van der Waals surface area contributed by atoms with Crippen LogP contribution in [-0.4, -0.2) is 29.2 Å². The molecule has 3 rings (SSSR count).